The van der Waals surface area contributed by atoms with Crippen molar-refractivity contribution in [2.24, 2.45) is 0 Å². The van der Waals surface area contributed by atoms with Gasteiger partial charge in [-0.05, 0) is 25.3 Å². The van der Waals surface area contributed by atoms with Gasteiger partial charge in [-0.1, -0.05) is 30.3 Å². The summed E-state index contributed by atoms with van der Waals surface area (Å²) in [7, 11) is 0. The zero-order valence-electron chi connectivity index (χ0n) is 14.5. The summed E-state index contributed by atoms with van der Waals surface area (Å²) in [6.07, 6.45) is 0.891. The van der Waals surface area contributed by atoms with E-state index < -0.39 is 5.97 Å². The molecular formula is C18H25N3O4. The third kappa shape index (κ3) is 5.77. The molecule has 1 aliphatic heterocycles. The summed E-state index contributed by atoms with van der Waals surface area (Å²) < 4.78 is 0. The average Bonchev–Trinajstić information content (AvgIpc) is 2.60. The second-order valence-corrected chi connectivity index (χ2v) is 6.16. The van der Waals surface area contributed by atoms with E-state index in [1.54, 1.807) is 4.90 Å². The summed E-state index contributed by atoms with van der Waals surface area (Å²) in [5.74, 6) is -0.951. The molecule has 3 amide bonds. The van der Waals surface area contributed by atoms with Crippen LogP contribution in [0.15, 0.2) is 30.3 Å². The molecule has 0 aromatic heterocycles. The lowest BCUT2D eigenvalue weighted by atomic mass is 10.0. The van der Waals surface area contributed by atoms with Gasteiger partial charge >= 0.3 is 12.0 Å². The zero-order chi connectivity index (χ0) is 18.2. The van der Waals surface area contributed by atoms with Crippen molar-refractivity contribution in [3.05, 3.63) is 35.9 Å². The number of rotatable bonds is 7. The fourth-order valence-corrected chi connectivity index (χ4v) is 2.90. The molecule has 1 aliphatic rings. The van der Waals surface area contributed by atoms with Crippen LogP contribution < -0.4 is 5.32 Å². The Morgan fingerprint density at radius 1 is 1.24 bits per heavy atom. The SMILES string of the molecule is CCN1CCN(C(=O)NC(CCC(=O)O)Cc2ccccc2)CC1=O. The molecule has 0 saturated carbocycles. The molecule has 0 aliphatic carbocycles. The maximum absolute atomic E-state index is 12.5. The molecule has 1 atom stereocenters. The van der Waals surface area contributed by atoms with E-state index in [1.807, 2.05) is 37.3 Å². The fraction of sp³-hybridized carbons (Fsp3) is 0.500. The van der Waals surface area contributed by atoms with E-state index in [4.69, 9.17) is 5.11 Å². The summed E-state index contributed by atoms with van der Waals surface area (Å²) in [5.41, 5.74) is 1.03. The van der Waals surface area contributed by atoms with E-state index in [0.717, 1.165) is 5.56 Å². The monoisotopic (exact) mass is 347 g/mol. The fourth-order valence-electron chi connectivity index (χ4n) is 2.90. The Hall–Kier alpha value is -2.57. The standard InChI is InChI=1S/C18H25N3O4/c1-2-20-10-11-21(13-16(20)22)18(25)19-15(8-9-17(23)24)12-14-6-4-3-5-7-14/h3-7,15H,2,8-13H2,1H3,(H,19,25)(H,23,24). The van der Waals surface area contributed by atoms with Crippen LogP contribution in [0.1, 0.15) is 25.3 Å². The van der Waals surface area contributed by atoms with Crippen molar-refractivity contribution in [3.63, 3.8) is 0 Å². The number of hydrogen-bond donors (Lipinski definition) is 2. The molecule has 1 saturated heterocycles. The highest BCUT2D eigenvalue weighted by Gasteiger charge is 2.27. The molecule has 2 N–H and O–H groups in total. The maximum Gasteiger partial charge on any atom is 0.318 e. The van der Waals surface area contributed by atoms with Gasteiger partial charge in [0.05, 0.1) is 0 Å². The Kier molecular flexibility index (Phi) is 6.80. The molecule has 0 spiro atoms. The molecule has 136 valence electrons. The van der Waals surface area contributed by atoms with E-state index in [2.05, 4.69) is 5.32 Å². The van der Waals surface area contributed by atoms with Crippen LogP contribution >= 0.6 is 0 Å². The number of carbonyl (C=O) groups excluding carboxylic acids is 2. The van der Waals surface area contributed by atoms with Crippen LogP contribution in [0.5, 0.6) is 0 Å². The van der Waals surface area contributed by atoms with Crippen molar-refractivity contribution in [1.29, 1.82) is 0 Å². The van der Waals surface area contributed by atoms with Crippen LogP contribution in [0.3, 0.4) is 0 Å². The summed E-state index contributed by atoms with van der Waals surface area (Å²) >= 11 is 0. The number of benzene rings is 1. The smallest absolute Gasteiger partial charge is 0.318 e. The minimum absolute atomic E-state index is 0.0136. The number of hydrogen-bond acceptors (Lipinski definition) is 3. The third-order valence-corrected chi connectivity index (χ3v) is 4.35. The lowest BCUT2D eigenvalue weighted by Crippen LogP contribution is -2.56. The first-order chi connectivity index (χ1) is 12.0. The van der Waals surface area contributed by atoms with Crippen LogP contribution in [-0.2, 0) is 16.0 Å². The number of likely N-dealkylation sites (N-methyl/N-ethyl adjacent to an activating group) is 1. The molecule has 1 fully saturated rings. The van der Waals surface area contributed by atoms with E-state index in [0.29, 0.717) is 32.5 Å². The summed E-state index contributed by atoms with van der Waals surface area (Å²) in [5, 5.41) is 11.8. The molecule has 1 unspecified atom stereocenters. The van der Waals surface area contributed by atoms with Crippen molar-refractivity contribution in [1.82, 2.24) is 15.1 Å². The molecule has 7 nitrogen and oxygen atoms in total. The molecule has 1 aromatic rings. The van der Waals surface area contributed by atoms with Crippen molar-refractivity contribution in [3.8, 4) is 0 Å². The highest BCUT2D eigenvalue weighted by Crippen LogP contribution is 2.10. The highest BCUT2D eigenvalue weighted by atomic mass is 16.4. The molecule has 25 heavy (non-hydrogen) atoms. The van der Waals surface area contributed by atoms with E-state index in [-0.39, 0.29) is 30.9 Å². The summed E-state index contributed by atoms with van der Waals surface area (Å²) in [6.45, 7) is 3.64. The number of amides is 3. The predicted octanol–water partition coefficient (Wildman–Crippen LogP) is 1.34. The van der Waals surface area contributed by atoms with Crippen LogP contribution in [-0.4, -0.2) is 65.0 Å². The van der Waals surface area contributed by atoms with Gasteiger partial charge in [-0.2, -0.15) is 0 Å². The topological polar surface area (TPSA) is 89.9 Å². The molecule has 0 bridgehead atoms. The Morgan fingerprint density at radius 2 is 1.96 bits per heavy atom. The van der Waals surface area contributed by atoms with Gasteiger partial charge in [-0.25, -0.2) is 4.79 Å². The average molecular weight is 347 g/mol. The number of carbonyl (C=O) groups is 3. The van der Waals surface area contributed by atoms with Crippen LogP contribution in [0.25, 0.3) is 0 Å². The number of aliphatic carboxylic acids is 1. The quantitative estimate of drug-likeness (QED) is 0.779. The van der Waals surface area contributed by atoms with Crippen molar-refractivity contribution in [2.75, 3.05) is 26.2 Å². The van der Waals surface area contributed by atoms with Gasteiger partial charge in [0.1, 0.15) is 6.54 Å². The van der Waals surface area contributed by atoms with Gasteiger partial charge in [0, 0.05) is 32.1 Å². The summed E-state index contributed by atoms with van der Waals surface area (Å²) in [6, 6.07) is 9.03. The first-order valence-electron chi connectivity index (χ1n) is 8.58. The minimum atomic E-state index is -0.890. The molecule has 1 heterocycles. The van der Waals surface area contributed by atoms with E-state index in [9.17, 15) is 14.4 Å². The number of nitrogens with one attached hydrogen (secondary N) is 1. The third-order valence-electron chi connectivity index (χ3n) is 4.35. The zero-order valence-corrected chi connectivity index (χ0v) is 14.5. The largest absolute Gasteiger partial charge is 0.481 e. The Labute approximate surface area is 147 Å². The highest BCUT2D eigenvalue weighted by molar-refractivity contribution is 5.85. The predicted molar refractivity (Wildman–Crippen MR) is 93.2 cm³/mol. The van der Waals surface area contributed by atoms with Crippen LogP contribution in [0.4, 0.5) is 4.79 Å². The van der Waals surface area contributed by atoms with Gasteiger partial charge in [0.15, 0.2) is 0 Å². The summed E-state index contributed by atoms with van der Waals surface area (Å²) in [4.78, 5) is 38.5. The van der Waals surface area contributed by atoms with Gasteiger partial charge in [0.2, 0.25) is 5.91 Å². The first-order valence-corrected chi connectivity index (χ1v) is 8.58. The van der Waals surface area contributed by atoms with E-state index in [1.165, 1.54) is 4.90 Å². The van der Waals surface area contributed by atoms with Crippen molar-refractivity contribution in [2.45, 2.75) is 32.2 Å². The van der Waals surface area contributed by atoms with Gasteiger partial charge < -0.3 is 20.2 Å². The van der Waals surface area contributed by atoms with Gasteiger partial charge in [-0.3, -0.25) is 9.59 Å². The lowest BCUT2D eigenvalue weighted by molar-refractivity contribution is -0.137. The Balaban J connectivity index is 1.96. The second kappa shape index (κ2) is 9.05. The number of carboxylic acids is 1. The van der Waals surface area contributed by atoms with Crippen LogP contribution in [0.2, 0.25) is 0 Å². The normalized spacial score (nSPS) is 15.8. The number of piperazine rings is 1. The molecule has 0 radical (unpaired) electrons. The molecule has 7 heteroatoms. The lowest BCUT2D eigenvalue weighted by Gasteiger charge is -2.34. The molecule has 1 aromatic carbocycles. The van der Waals surface area contributed by atoms with Crippen molar-refractivity contribution < 1.29 is 19.5 Å². The Bertz CT molecular complexity index is 606. The van der Waals surface area contributed by atoms with Crippen LogP contribution in [0, 0.1) is 0 Å². The number of urea groups is 1. The van der Waals surface area contributed by atoms with Gasteiger partial charge in [-0.15, -0.1) is 0 Å². The van der Waals surface area contributed by atoms with E-state index >= 15 is 0 Å². The van der Waals surface area contributed by atoms with Crippen molar-refractivity contribution >= 4 is 17.9 Å². The minimum Gasteiger partial charge on any atom is -0.481 e. The maximum atomic E-state index is 12.5. The second-order valence-electron chi connectivity index (χ2n) is 6.16. The van der Waals surface area contributed by atoms with Gasteiger partial charge in [0.25, 0.3) is 0 Å². The molecular weight excluding hydrogens is 322 g/mol. The number of carboxylic acid groups (broad SMARTS) is 1. The molecule has 2 rings (SSSR count). The first kappa shape index (κ1) is 18.8. The Morgan fingerprint density at radius 3 is 2.56 bits per heavy atom. The number of nitrogens with zero attached hydrogens (tertiary/aromatic N) is 2.